The van der Waals surface area contributed by atoms with Crippen molar-refractivity contribution < 1.29 is 4.74 Å². The van der Waals surface area contributed by atoms with Crippen molar-refractivity contribution in [2.75, 3.05) is 7.11 Å². The van der Waals surface area contributed by atoms with Crippen LogP contribution in [0.5, 0.6) is 5.75 Å². The summed E-state index contributed by atoms with van der Waals surface area (Å²) in [4.78, 5) is 0. The fourth-order valence-electron chi connectivity index (χ4n) is 2.63. The van der Waals surface area contributed by atoms with Crippen LogP contribution in [0.1, 0.15) is 49.1 Å². The van der Waals surface area contributed by atoms with Gasteiger partial charge in [-0.1, -0.05) is 25.3 Å². The van der Waals surface area contributed by atoms with Crippen molar-refractivity contribution in [3.05, 3.63) is 29.3 Å². The molecule has 0 heterocycles. The third-order valence-electron chi connectivity index (χ3n) is 3.42. The third kappa shape index (κ3) is 2.04. The highest BCUT2D eigenvalue weighted by Gasteiger charge is 2.21. The Kier molecular flexibility index (Phi) is 3.46. The zero-order valence-electron chi connectivity index (χ0n) is 9.70. The van der Waals surface area contributed by atoms with Gasteiger partial charge < -0.3 is 4.74 Å². The molecule has 1 aromatic carbocycles. The molecular weight excluding hydrogens is 198 g/mol. The summed E-state index contributed by atoms with van der Waals surface area (Å²) in [7, 11) is 1.68. The molecule has 16 heavy (non-hydrogen) atoms. The fourth-order valence-corrected chi connectivity index (χ4v) is 2.63. The SMILES string of the molecule is COc1cccc(C#N)c1C1CCCCC1. The minimum atomic E-state index is 0.513. The molecule has 0 unspecified atom stereocenters. The van der Waals surface area contributed by atoms with E-state index in [2.05, 4.69) is 6.07 Å². The van der Waals surface area contributed by atoms with Gasteiger partial charge >= 0.3 is 0 Å². The number of ether oxygens (including phenoxy) is 1. The summed E-state index contributed by atoms with van der Waals surface area (Å²) in [5, 5.41) is 9.16. The molecule has 2 nitrogen and oxygen atoms in total. The van der Waals surface area contributed by atoms with Crippen LogP contribution in [0.25, 0.3) is 0 Å². The van der Waals surface area contributed by atoms with Gasteiger partial charge in [-0.3, -0.25) is 0 Å². The Hall–Kier alpha value is -1.49. The van der Waals surface area contributed by atoms with E-state index in [1.54, 1.807) is 7.11 Å². The van der Waals surface area contributed by atoms with Gasteiger partial charge in [0.1, 0.15) is 5.75 Å². The van der Waals surface area contributed by atoms with Crippen LogP contribution < -0.4 is 4.74 Å². The summed E-state index contributed by atoms with van der Waals surface area (Å²) in [5.74, 6) is 1.39. The van der Waals surface area contributed by atoms with Crippen LogP contribution in [0.15, 0.2) is 18.2 Å². The molecule has 2 rings (SSSR count). The zero-order valence-corrected chi connectivity index (χ0v) is 9.70. The molecule has 1 aromatic rings. The zero-order chi connectivity index (χ0) is 11.4. The van der Waals surface area contributed by atoms with Gasteiger partial charge in [0.2, 0.25) is 0 Å². The molecule has 1 aliphatic carbocycles. The molecular formula is C14H17NO. The van der Waals surface area contributed by atoms with E-state index < -0.39 is 0 Å². The maximum atomic E-state index is 9.16. The van der Waals surface area contributed by atoms with Crippen molar-refractivity contribution in [1.29, 1.82) is 5.26 Å². The van der Waals surface area contributed by atoms with Gasteiger partial charge in [-0.05, 0) is 30.9 Å². The normalized spacial score (nSPS) is 16.8. The number of benzene rings is 1. The van der Waals surface area contributed by atoms with Crippen LogP contribution in [-0.2, 0) is 0 Å². The Bertz CT molecular complexity index is 400. The summed E-state index contributed by atoms with van der Waals surface area (Å²) in [6, 6.07) is 8.04. The van der Waals surface area contributed by atoms with Crippen molar-refractivity contribution in [2.24, 2.45) is 0 Å². The number of hydrogen-bond donors (Lipinski definition) is 0. The first kappa shape index (κ1) is 11.0. The topological polar surface area (TPSA) is 33.0 Å². The number of hydrogen-bond acceptors (Lipinski definition) is 2. The molecule has 0 radical (unpaired) electrons. The smallest absolute Gasteiger partial charge is 0.123 e. The predicted octanol–water partition coefficient (Wildman–Crippen LogP) is 3.61. The maximum Gasteiger partial charge on any atom is 0.123 e. The van der Waals surface area contributed by atoms with Gasteiger partial charge in [-0.15, -0.1) is 0 Å². The summed E-state index contributed by atoms with van der Waals surface area (Å²) in [6.07, 6.45) is 6.25. The van der Waals surface area contributed by atoms with E-state index >= 15 is 0 Å². The van der Waals surface area contributed by atoms with Crippen LogP contribution in [0.3, 0.4) is 0 Å². The largest absolute Gasteiger partial charge is 0.496 e. The number of nitrogens with zero attached hydrogens (tertiary/aromatic N) is 1. The average molecular weight is 215 g/mol. The Morgan fingerprint density at radius 2 is 2.00 bits per heavy atom. The number of methoxy groups -OCH3 is 1. The molecule has 1 aliphatic rings. The molecule has 1 saturated carbocycles. The summed E-state index contributed by atoms with van der Waals surface area (Å²) in [6.45, 7) is 0. The molecule has 0 saturated heterocycles. The van der Waals surface area contributed by atoms with Gasteiger partial charge in [0.25, 0.3) is 0 Å². The summed E-state index contributed by atoms with van der Waals surface area (Å²) >= 11 is 0. The fraction of sp³-hybridized carbons (Fsp3) is 0.500. The van der Waals surface area contributed by atoms with Gasteiger partial charge in [-0.25, -0.2) is 0 Å². The van der Waals surface area contributed by atoms with Crippen molar-refractivity contribution in [3.63, 3.8) is 0 Å². The maximum absolute atomic E-state index is 9.16. The molecule has 0 spiro atoms. The Morgan fingerprint density at radius 3 is 2.62 bits per heavy atom. The lowest BCUT2D eigenvalue weighted by Gasteiger charge is -2.24. The second-order valence-corrected chi connectivity index (χ2v) is 4.37. The van der Waals surface area contributed by atoms with Crippen molar-refractivity contribution >= 4 is 0 Å². The van der Waals surface area contributed by atoms with Crippen molar-refractivity contribution in [1.82, 2.24) is 0 Å². The standard InChI is InChI=1S/C14H17NO/c1-16-13-9-5-8-12(10-15)14(13)11-6-3-2-4-7-11/h5,8-9,11H,2-4,6-7H2,1H3. The highest BCUT2D eigenvalue weighted by molar-refractivity contribution is 5.48. The van der Waals surface area contributed by atoms with E-state index in [1.165, 1.54) is 32.1 Å². The Morgan fingerprint density at radius 1 is 1.25 bits per heavy atom. The first-order valence-corrected chi connectivity index (χ1v) is 5.94. The lowest BCUT2D eigenvalue weighted by molar-refractivity contribution is 0.386. The molecule has 84 valence electrons. The highest BCUT2D eigenvalue weighted by atomic mass is 16.5. The van der Waals surface area contributed by atoms with Crippen LogP contribution in [0, 0.1) is 11.3 Å². The molecule has 0 aliphatic heterocycles. The van der Waals surface area contributed by atoms with E-state index in [4.69, 9.17) is 10.00 Å². The number of rotatable bonds is 2. The summed E-state index contributed by atoms with van der Waals surface area (Å²) < 4.78 is 5.39. The predicted molar refractivity (Wildman–Crippen MR) is 63.5 cm³/mol. The van der Waals surface area contributed by atoms with Crippen molar-refractivity contribution in [2.45, 2.75) is 38.0 Å². The second-order valence-electron chi connectivity index (χ2n) is 4.37. The van der Waals surface area contributed by atoms with Crippen LogP contribution in [-0.4, -0.2) is 7.11 Å². The Balaban J connectivity index is 2.39. The molecule has 0 atom stereocenters. The van der Waals surface area contributed by atoms with E-state index in [0.29, 0.717) is 5.92 Å². The molecule has 0 amide bonds. The first-order valence-electron chi connectivity index (χ1n) is 5.94. The highest BCUT2D eigenvalue weighted by Crippen LogP contribution is 2.39. The van der Waals surface area contributed by atoms with Gasteiger partial charge in [0, 0.05) is 5.56 Å². The quantitative estimate of drug-likeness (QED) is 0.755. The van der Waals surface area contributed by atoms with Gasteiger partial charge in [0.05, 0.1) is 18.7 Å². The first-order chi connectivity index (χ1) is 7.86. The van der Waals surface area contributed by atoms with E-state index in [1.807, 2.05) is 18.2 Å². The molecule has 0 bridgehead atoms. The molecule has 0 aromatic heterocycles. The molecule has 1 fully saturated rings. The minimum absolute atomic E-state index is 0.513. The van der Waals surface area contributed by atoms with E-state index in [0.717, 1.165) is 16.9 Å². The lowest BCUT2D eigenvalue weighted by Crippen LogP contribution is -2.08. The number of nitriles is 1. The van der Waals surface area contributed by atoms with Crippen LogP contribution >= 0.6 is 0 Å². The summed E-state index contributed by atoms with van der Waals surface area (Å²) in [5.41, 5.74) is 1.92. The van der Waals surface area contributed by atoms with Crippen LogP contribution in [0.4, 0.5) is 0 Å². The minimum Gasteiger partial charge on any atom is -0.496 e. The molecule has 0 N–H and O–H groups in total. The van der Waals surface area contributed by atoms with Gasteiger partial charge in [0.15, 0.2) is 0 Å². The Labute approximate surface area is 96.9 Å². The van der Waals surface area contributed by atoms with Gasteiger partial charge in [-0.2, -0.15) is 5.26 Å². The van der Waals surface area contributed by atoms with E-state index in [-0.39, 0.29) is 0 Å². The van der Waals surface area contributed by atoms with Crippen LogP contribution in [0.2, 0.25) is 0 Å². The average Bonchev–Trinajstić information content (AvgIpc) is 2.38. The second kappa shape index (κ2) is 5.03. The van der Waals surface area contributed by atoms with Crippen molar-refractivity contribution in [3.8, 4) is 11.8 Å². The third-order valence-corrected chi connectivity index (χ3v) is 3.42. The lowest BCUT2D eigenvalue weighted by atomic mass is 9.82. The monoisotopic (exact) mass is 215 g/mol. The van der Waals surface area contributed by atoms with E-state index in [9.17, 15) is 0 Å². The molecule has 2 heteroatoms.